The Morgan fingerprint density at radius 2 is 2.13 bits per heavy atom. The Bertz CT molecular complexity index is 203. The summed E-state index contributed by atoms with van der Waals surface area (Å²) in [7, 11) is 0. The second-order valence-corrected chi connectivity index (χ2v) is 4.98. The van der Waals surface area contributed by atoms with E-state index in [9.17, 15) is 0 Å². The van der Waals surface area contributed by atoms with E-state index in [1.807, 2.05) is 25.6 Å². The lowest BCUT2D eigenvalue weighted by atomic mass is 10.5. The van der Waals surface area contributed by atoms with Crippen molar-refractivity contribution in [2.75, 3.05) is 37.7 Å². The van der Waals surface area contributed by atoms with Crippen molar-refractivity contribution in [3.8, 4) is 0 Å². The highest BCUT2D eigenvalue weighted by Gasteiger charge is 2.11. The molecule has 1 heterocycles. The third-order valence-corrected chi connectivity index (χ3v) is 3.09. The maximum Gasteiger partial charge on any atom is 0.191 e. The zero-order valence-electron chi connectivity index (χ0n) is 9.61. The molecule has 0 aromatic rings. The molecule has 0 unspecified atom stereocenters. The molecule has 2 N–H and O–H groups in total. The lowest BCUT2D eigenvalue weighted by Crippen LogP contribution is -2.42. The summed E-state index contributed by atoms with van der Waals surface area (Å²) in [5, 5.41) is 0. The molecule has 1 aliphatic rings. The van der Waals surface area contributed by atoms with E-state index in [4.69, 9.17) is 10.5 Å². The number of hydrogen-bond acceptors (Lipinski definition) is 3. The van der Waals surface area contributed by atoms with Crippen molar-refractivity contribution >= 4 is 17.7 Å². The fraction of sp³-hybridized carbons (Fsp3) is 0.900. The summed E-state index contributed by atoms with van der Waals surface area (Å²) >= 11 is 1.97. The van der Waals surface area contributed by atoms with Gasteiger partial charge in [0.25, 0.3) is 0 Å². The predicted molar refractivity (Wildman–Crippen MR) is 66.5 cm³/mol. The Morgan fingerprint density at radius 3 is 2.73 bits per heavy atom. The molecule has 0 aromatic carbocycles. The van der Waals surface area contributed by atoms with Crippen LogP contribution >= 0.6 is 11.8 Å². The molecule has 1 saturated heterocycles. The van der Waals surface area contributed by atoms with E-state index in [0.29, 0.717) is 19.1 Å². The van der Waals surface area contributed by atoms with Gasteiger partial charge in [-0.2, -0.15) is 11.8 Å². The van der Waals surface area contributed by atoms with Gasteiger partial charge in [0.2, 0.25) is 0 Å². The first-order valence-electron chi connectivity index (χ1n) is 5.44. The molecule has 88 valence electrons. The van der Waals surface area contributed by atoms with Crippen molar-refractivity contribution in [1.29, 1.82) is 0 Å². The van der Waals surface area contributed by atoms with Crippen LogP contribution in [0.15, 0.2) is 4.99 Å². The van der Waals surface area contributed by atoms with Crippen molar-refractivity contribution in [2.45, 2.75) is 20.0 Å². The van der Waals surface area contributed by atoms with Gasteiger partial charge in [-0.3, -0.25) is 4.99 Å². The maximum atomic E-state index is 5.88. The number of nitrogens with zero attached hydrogens (tertiary/aromatic N) is 2. The summed E-state index contributed by atoms with van der Waals surface area (Å²) in [5.74, 6) is 2.97. The van der Waals surface area contributed by atoms with Crippen LogP contribution in [0.4, 0.5) is 0 Å². The van der Waals surface area contributed by atoms with Crippen LogP contribution in [0, 0.1) is 0 Å². The Morgan fingerprint density at radius 1 is 1.47 bits per heavy atom. The number of rotatable bonds is 4. The van der Waals surface area contributed by atoms with Gasteiger partial charge in [-0.1, -0.05) is 0 Å². The van der Waals surface area contributed by atoms with E-state index in [0.717, 1.165) is 24.6 Å². The number of hydrogen-bond donors (Lipinski definition) is 1. The van der Waals surface area contributed by atoms with Crippen LogP contribution in [0.3, 0.4) is 0 Å². The zero-order valence-corrected chi connectivity index (χ0v) is 10.4. The van der Waals surface area contributed by atoms with Gasteiger partial charge in [-0.15, -0.1) is 0 Å². The summed E-state index contributed by atoms with van der Waals surface area (Å²) in [6, 6.07) is 0. The summed E-state index contributed by atoms with van der Waals surface area (Å²) in [6.07, 6.45) is 0.271. The topological polar surface area (TPSA) is 50.9 Å². The van der Waals surface area contributed by atoms with Crippen LogP contribution in [-0.4, -0.2) is 54.7 Å². The highest BCUT2D eigenvalue weighted by atomic mass is 32.2. The number of guanidine groups is 1. The second-order valence-electron chi connectivity index (χ2n) is 3.76. The first-order chi connectivity index (χ1) is 7.20. The third kappa shape index (κ3) is 5.28. The minimum absolute atomic E-state index is 0.271. The van der Waals surface area contributed by atoms with Gasteiger partial charge in [-0.05, 0) is 13.8 Å². The molecule has 0 aliphatic carbocycles. The van der Waals surface area contributed by atoms with Gasteiger partial charge < -0.3 is 15.4 Å². The molecular formula is C10H21N3OS. The normalized spacial score (nSPS) is 18.6. The summed E-state index contributed by atoms with van der Waals surface area (Å²) in [5.41, 5.74) is 5.88. The average Bonchev–Trinajstić information content (AvgIpc) is 2.25. The summed E-state index contributed by atoms with van der Waals surface area (Å²) < 4.78 is 5.39. The smallest absolute Gasteiger partial charge is 0.191 e. The second kappa shape index (κ2) is 6.95. The van der Waals surface area contributed by atoms with Crippen LogP contribution in [0.2, 0.25) is 0 Å². The van der Waals surface area contributed by atoms with Crippen LogP contribution in [0.5, 0.6) is 0 Å². The van der Waals surface area contributed by atoms with E-state index in [1.165, 1.54) is 0 Å². The lowest BCUT2D eigenvalue weighted by Gasteiger charge is -2.27. The van der Waals surface area contributed by atoms with Crippen molar-refractivity contribution in [2.24, 2.45) is 10.7 Å². The van der Waals surface area contributed by atoms with Gasteiger partial charge in [-0.25, -0.2) is 0 Å². The zero-order chi connectivity index (χ0) is 11.1. The van der Waals surface area contributed by atoms with Crippen molar-refractivity contribution in [1.82, 2.24) is 4.90 Å². The van der Waals surface area contributed by atoms with Gasteiger partial charge in [0.1, 0.15) is 0 Å². The first-order valence-corrected chi connectivity index (χ1v) is 6.60. The minimum atomic E-state index is 0.271. The van der Waals surface area contributed by atoms with Crippen LogP contribution in [0.25, 0.3) is 0 Å². The number of thioether (sulfide) groups is 1. The summed E-state index contributed by atoms with van der Waals surface area (Å²) in [4.78, 5) is 6.45. The molecule has 5 heteroatoms. The predicted octanol–water partition coefficient (Wildman–Crippen LogP) is 0.775. The van der Waals surface area contributed by atoms with E-state index < -0.39 is 0 Å². The standard InChI is InChI=1S/C10H21N3OS/c1-9(2)14-6-3-12-10(11)13-4-7-15-8-5-13/h9H,3-8H2,1-2H3,(H2,11,12). The number of nitrogens with two attached hydrogens (primary N) is 1. The Labute approximate surface area is 96.2 Å². The van der Waals surface area contributed by atoms with Gasteiger partial charge in [0, 0.05) is 24.6 Å². The maximum absolute atomic E-state index is 5.88. The fourth-order valence-electron chi connectivity index (χ4n) is 1.34. The van der Waals surface area contributed by atoms with Crippen LogP contribution in [0.1, 0.15) is 13.8 Å². The Balaban J connectivity index is 2.19. The van der Waals surface area contributed by atoms with Crippen molar-refractivity contribution < 1.29 is 4.74 Å². The molecule has 0 radical (unpaired) electrons. The molecular weight excluding hydrogens is 210 g/mol. The number of ether oxygens (including phenoxy) is 1. The van der Waals surface area contributed by atoms with E-state index in [-0.39, 0.29) is 6.10 Å². The molecule has 0 saturated carbocycles. The fourth-order valence-corrected chi connectivity index (χ4v) is 2.24. The van der Waals surface area contributed by atoms with Gasteiger partial charge >= 0.3 is 0 Å². The molecule has 0 atom stereocenters. The molecule has 0 spiro atoms. The lowest BCUT2D eigenvalue weighted by molar-refractivity contribution is 0.0852. The van der Waals surface area contributed by atoms with E-state index in [1.54, 1.807) is 0 Å². The molecule has 4 nitrogen and oxygen atoms in total. The van der Waals surface area contributed by atoms with Crippen molar-refractivity contribution in [3.63, 3.8) is 0 Å². The molecule has 15 heavy (non-hydrogen) atoms. The Kier molecular flexibility index (Phi) is 5.86. The van der Waals surface area contributed by atoms with Gasteiger partial charge in [0.05, 0.1) is 19.3 Å². The van der Waals surface area contributed by atoms with Crippen LogP contribution in [-0.2, 0) is 4.74 Å². The summed E-state index contributed by atoms with van der Waals surface area (Å²) in [6.45, 7) is 7.40. The van der Waals surface area contributed by atoms with E-state index in [2.05, 4.69) is 9.89 Å². The average molecular weight is 231 g/mol. The van der Waals surface area contributed by atoms with Crippen molar-refractivity contribution in [3.05, 3.63) is 0 Å². The highest BCUT2D eigenvalue weighted by Crippen LogP contribution is 2.08. The SMILES string of the molecule is CC(C)OCCN=C(N)N1CCSCC1. The van der Waals surface area contributed by atoms with E-state index >= 15 is 0 Å². The Hall–Kier alpha value is -0.420. The third-order valence-electron chi connectivity index (χ3n) is 2.15. The molecule has 0 amide bonds. The molecule has 1 fully saturated rings. The van der Waals surface area contributed by atoms with Crippen LogP contribution < -0.4 is 5.73 Å². The quantitative estimate of drug-likeness (QED) is 0.441. The molecule has 1 aliphatic heterocycles. The largest absolute Gasteiger partial charge is 0.377 e. The molecule has 0 aromatic heterocycles. The first kappa shape index (κ1) is 12.6. The molecule has 1 rings (SSSR count). The minimum Gasteiger partial charge on any atom is -0.377 e. The highest BCUT2D eigenvalue weighted by molar-refractivity contribution is 7.99. The van der Waals surface area contributed by atoms with Gasteiger partial charge in [0.15, 0.2) is 5.96 Å². The molecule has 0 bridgehead atoms. The monoisotopic (exact) mass is 231 g/mol. The number of aliphatic imine (C=N–C) groups is 1.